The molecule has 2 rings (SSSR count). The Bertz CT molecular complexity index is 445. The van der Waals surface area contributed by atoms with E-state index in [4.69, 9.17) is 15.1 Å². The van der Waals surface area contributed by atoms with Crippen LogP contribution < -0.4 is 0 Å². The number of aromatic nitrogens is 1. The normalized spacial score (nSPS) is 32.4. The molecule has 2 heterocycles. The highest BCUT2D eigenvalue weighted by Crippen LogP contribution is 2.34. The Morgan fingerprint density at radius 3 is 2.76 bits per heavy atom. The van der Waals surface area contributed by atoms with Gasteiger partial charge in [0.15, 0.2) is 0 Å². The van der Waals surface area contributed by atoms with Crippen LogP contribution in [0.3, 0.4) is 0 Å². The monoisotopic (exact) mass is 236 g/mol. The lowest BCUT2D eigenvalue weighted by molar-refractivity contribution is -0.0228. The third-order valence-electron chi connectivity index (χ3n) is 2.82. The minimum absolute atomic E-state index is 0.280. The van der Waals surface area contributed by atoms with E-state index in [9.17, 15) is 10.2 Å². The number of ether oxygens (including phenoxy) is 1. The molecule has 0 aliphatic carbocycles. The molecule has 1 aromatic rings. The van der Waals surface area contributed by atoms with Gasteiger partial charge in [0.2, 0.25) is 0 Å². The Kier molecular flexibility index (Phi) is 3.36. The predicted molar refractivity (Wildman–Crippen MR) is 55.7 cm³/mol. The van der Waals surface area contributed by atoms with E-state index in [0.29, 0.717) is 5.56 Å². The third kappa shape index (κ3) is 2.01. The lowest BCUT2D eigenvalue weighted by atomic mass is 9.99. The zero-order valence-corrected chi connectivity index (χ0v) is 8.89. The van der Waals surface area contributed by atoms with E-state index in [0.717, 1.165) is 0 Å². The van der Waals surface area contributed by atoms with Crippen molar-refractivity contribution in [1.82, 2.24) is 4.98 Å². The van der Waals surface area contributed by atoms with Crippen molar-refractivity contribution < 1.29 is 20.1 Å². The Labute approximate surface area is 97.7 Å². The molecule has 0 saturated carbocycles. The van der Waals surface area contributed by atoms with Gasteiger partial charge in [-0.1, -0.05) is 0 Å². The van der Waals surface area contributed by atoms with E-state index in [-0.39, 0.29) is 12.2 Å². The summed E-state index contributed by atoms with van der Waals surface area (Å²) in [4.78, 5) is 3.80. The van der Waals surface area contributed by atoms with Crippen LogP contribution in [-0.2, 0) is 4.74 Å². The number of rotatable bonds is 2. The van der Waals surface area contributed by atoms with Crippen LogP contribution in [0.2, 0.25) is 0 Å². The van der Waals surface area contributed by atoms with Crippen molar-refractivity contribution in [3.05, 3.63) is 29.6 Å². The second-order valence-corrected chi connectivity index (χ2v) is 3.83. The molecular formula is C11H12N2O4. The minimum atomic E-state index is -1.17. The number of pyridine rings is 1. The fraction of sp³-hybridized carbons (Fsp3) is 0.455. The van der Waals surface area contributed by atoms with Crippen LogP contribution in [0.4, 0.5) is 0 Å². The first-order valence-electron chi connectivity index (χ1n) is 5.15. The summed E-state index contributed by atoms with van der Waals surface area (Å²) >= 11 is 0. The smallest absolute Gasteiger partial charge is 0.113 e. The molecule has 90 valence electrons. The highest BCUT2D eigenvalue weighted by atomic mass is 16.6. The molecule has 3 N–H and O–H groups in total. The molecule has 6 heteroatoms. The molecule has 0 radical (unpaired) electrons. The summed E-state index contributed by atoms with van der Waals surface area (Å²) in [5.74, 6) is 0. The first-order chi connectivity index (χ1) is 8.19. The molecule has 1 fully saturated rings. The average molecular weight is 236 g/mol. The molecule has 0 aromatic carbocycles. The Hall–Kier alpha value is -1.52. The molecular weight excluding hydrogens is 224 g/mol. The van der Waals surface area contributed by atoms with Crippen LogP contribution in [-0.4, -0.2) is 45.2 Å². The summed E-state index contributed by atoms with van der Waals surface area (Å²) in [6.07, 6.45) is -1.14. The van der Waals surface area contributed by atoms with Crippen molar-refractivity contribution in [3.63, 3.8) is 0 Å². The van der Waals surface area contributed by atoms with Gasteiger partial charge >= 0.3 is 0 Å². The van der Waals surface area contributed by atoms with Crippen LogP contribution in [0, 0.1) is 11.3 Å². The molecule has 17 heavy (non-hydrogen) atoms. The van der Waals surface area contributed by atoms with Crippen LogP contribution in [0.5, 0.6) is 0 Å². The van der Waals surface area contributed by atoms with Gasteiger partial charge in [-0.3, -0.25) is 4.98 Å². The molecule has 6 nitrogen and oxygen atoms in total. The highest BCUT2D eigenvalue weighted by Gasteiger charge is 2.43. The van der Waals surface area contributed by atoms with Gasteiger partial charge in [-0.2, -0.15) is 5.26 Å². The Morgan fingerprint density at radius 2 is 2.18 bits per heavy atom. The molecule has 0 unspecified atom stereocenters. The second-order valence-electron chi connectivity index (χ2n) is 3.83. The number of hydrogen-bond donors (Lipinski definition) is 3. The van der Waals surface area contributed by atoms with Crippen molar-refractivity contribution >= 4 is 0 Å². The average Bonchev–Trinajstić information content (AvgIpc) is 2.66. The van der Waals surface area contributed by atoms with Gasteiger partial charge in [0.25, 0.3) is 0 Å². The number of aliphatic hydroxyl groups excluding tert-OH is 3. The van der Waals surface area contributed by atoms with Crippen molar-refractivity contribution in [2.45, 2.75) is 24.4 Å². The Morgan fingerprint density at radius 1 is 1.41 bits per heavy atom. The van der Waals surface area contributed by atoms with Gasteiger partial charge in [-0.05, 0) is 6.07 Å². The zero-order valence-electron chi connectivity index (χ0n) is 8.89. The van der Waals surface area contributed by atoms with E-state index in [1.807, 2.05) is 6.07 Å². The molecule has 1 aliphatic rings. The number of aliphatic hydroxyl groups is 3. The van der Waals surface area contributed by atoms with Gasteiger partial charge in [0.1, 0.15) is 30.5 Å². The van der Waals surface area contributed by atoms with Crippen molar-refractivity contribution in [1.29, 1.82) is 5.26 Å². The predicted octanol–water partition coefficient (Wildman–Crippen LogP) is -0.893. The van der Waals surface area contributed by atoms with Crippen molar-refractivity contribution in [3.8, 4) is 6.07 Å². The third-order valence-corrected chi connectivity index (χ3v) is 2.82. The lowest BCUT2D eigenvalue weighted by Crippen LogP contribution is -2.32. The van der Waals surface area contributed by atoms with Gasteiger partial charge in [0.05, 0.1) is 12.2 Å². The molecule has 0 bridgehead atoms. The van der Waals surface area contributed by atoms with E-state index >= 15 is 0 Å². The maximum absolute atomic E-state index is 9.82. The standard InChI is InChI=1S/C11H12N2O4/c12-3-6-4-13-2-1-7(6)11-10(16)9(15)8(5-14)17-11/h1-2,4,8-11,14-16H,5H2/t8-,9-,10-,11-/m1/s1. The molecule has 1 aromatic heterocycles. The summed E-state index contributed by atoms with van der Waals surface area (Å²) < 4.78 is 5.33. The van der Waals surface area contributed by atoms with E-state index in [1.165, 1.54) is 12.4 Å². The molecule has 1 saturated heterocycles. The fourth-order valence-corrected chi connectivity index (χ4v) is 1.90. The summed E-state index contributed by atoms with van der Waals surface area (Å²) in [5.41, 5.74) is 0.743. The topological polar surface area (TPSA) is 107 Å². The summed E-state index contributed by atoms with van der Waals surface area (Å²) in [5, 5.41) is 37.3. The van der Waals surface area contributed by atoms with Gasteiger partial charge in [-0.25, -0.2) is 0 Å². The molecule has 0 amide bonds. The van der Waals surface area contributed by atoms with E-state index in [1.54, 1.807) is 6.07 Å². The van der Waals surface area contributed by atoms with Gasteiger partial charge < -0.3 is 20.1 Å². The molecule has 4 atom stereocenters. The quantitative estimate of drug-likeness (QED) is 0.614. The van der Waals surface area contributed by atoms with Crippen LogP contribution in [0.15, 0.2) is 18.5 Å². The van der Waals surface area contributed by atoms with Crippen molar-refractivity contribution in [2.24, 2.45) is 0 Å². The van der Waals surface area contributed by atoms with E-state index < -0.39 is 24.4 Å². The Balaban J connectivity index is 2.32. The lowest BCUT2D eigenvalue weighted by Gasteiger charge is -2.15. The highest BCUT2D eigenvalue weighted by molar-refractivity contribution is 5.37. The number of hydrogen-bond acceptors (Lipinski definition) is 6. The number of nitrogens with zero attached hydrogens (tertiary/aromatic N) is 2. The first-order valence-corrected chi connectivity index (χ1v) is 5.15. The van der Waals surface area contributed by atoms with Gasteiger partial charge in [0, 0.05) is 18.0 Å². The largest absolute Gasteiger partial charge is 0.394 e. The van der Waals surface area contributed by atoms with Crippen molar-refractivity contribution in [2.75, 3.05) is 6.61 Å². The fourth-order valence-electron chi connectivity index (χ4n) is 1.90. The molecule has 0 spiro atoms. The van der Waals surface area contributed by atoms with Crippen LogP contribution in [0.25, 0.3) is 0 Å². The first kappa shape index (κ1) is 12.0. The zero-order chi connectivity index (χ0) is 12.4. The molecule has 1 aliphatic heterocycles. The maximum atomic E-state index is 9.82. The summed E-state index contributed by atoms with van der Waals surface area (Å²) in [7, 11) is 0. The van der Waals surface area contributed by atoms with E-state index in [2.05, 4.69) is 4.98 Å². The summed E-state index contributed by atoms with van der Waals surface area (Å²) in [6, 6.07) is 3.50. The van der Waals surface area contributed by atoms with Gasteiger partial charge in [-0.15, -0.1) is 0 Å². The SMILES string of the molecule is N#Cc1cnccc1[C@H]1O[C@H](CO)[C@@H](O)[C@H]1O. The minimum Gasteiger partial charge on any atom is -0.394 e. The maximum Gasteiger partial charge on any atom is 0.113 e. The van der Waals surface area contributed by atoms with Crippen LogP contribution in [0.1, 0.15) is 17.2 Å². The summed E-state index contributed by atoms with van der Waals surface area (Å²) in [6.45, 7) is -0.387. The van der Waals surface area contributed by atoms with Crippen LogP contribution >= 0.6 is 0 Å². The second kappa shape index (κ2) is 4.77. The number of nitriles is 1.